The number of halogens is 1. The lowest BCUT2D eigenvalue weighted by Gasteiger charge is -2.32. The molecule has 0 aromatic heterocycles. The first kappa shape index (κ1) is 13.4. The summed E-state index contributed by atoms with van der Waals surface area (Å²) in [5, 5.41) is 0. The van der Waals surface area contributed by atoms with Crippen LogP contribution in [-0.2, 0) is 17.8 Å². The number of nitrogens with zero attached hydrogens (tertiary/aromatic N) is 1. The molecule has 0 aliphatic heterocycles. The van der Waals surface area contributed by atoms with Crippen LogP contribution in [0.4, 0.5) is 0 Å². The Morgan fingerprint density at radius 1 is 1.20 bits per heavy atom. The van der Waals surface area contributed by atoms with Crippen LogP contribution in [0.5, 0.6) is 0 Å². The standard InChI is InChI=1S/C17H16BrNO/c1-19(11-13-7-3-5-9-16(13)18)17(20)15-10-12-6-2-4-8-14(12)15/h2-9,15H,10-11H2,1H3. The van der Waals surface area contributed by atoms with Crippen molar-refractivity contribution in [2.45, 2.75) is 18.9 Å². The lowest BCUT2D eigenvalue weighted by Crippen LogP contribution is -2.36. The number of hydrogen-bond donors (Lipinski definition) is 0. The van der Waals surface area contributed by atoms with Crippen molar-refractivity contribution in [2.75, 3.05) is 7.05 Å². The number of carbonyl (C=O) groups is 1. The number of rotatable bonds is 3. The van der Waals surface area contributed by atoms with E-state index in [1.165, 1.54) is 11.1 Å². The average molecular weight is 330 g/mol. The average Bonchev–Trinajstić information content (AvgIpc) is 2.42. The maximum Gasteiger partial charge on any atom is 0.230 e. The van der Waals surface area contributed by atoms with Crippen LogP contribution < -0.4 is 0 Å². The van der Waals surface area contributed by atoms with Gasteiger partial charge in [-0.1, -0.05) is 58.4 Å². The number of fused-ring (bicyclic) bond motifs is 1. The fourth-order valence-corrected chi connectivity index (χ4v) is 3.12. The third kappa shape index (κ3) is 2.38. The maximum atomic E-state index is 12.5. The van der Waals surface area contributed by atoms with Gasteiger partial charge in [0.1, 0.15) is 0 Å². The highest BCUT2D eigenvalue weighted by Crippen LogP contribution is 2.36. The van der Waals surface area contributed by atoms with E-state index in [9.17, 15) is 4.79 Å². The molecule has 0 saturated carbocycles. The summed E-state index contributed by atoms with van der Waals surface area (Å²) in [7, 11) is 1.88. The second-order valence-corrected chi connectivity index (χ2v) is 6.10. The lowest BCUT2D eigenvalue weighted by atomic mass is 9.77. The molecule has 0 N–H and O–H groups in total. The van der Waals surface area contributed by atoms with E-state index in [2.05, 4.69) is 28.1 Å². The van der Waals surface area contributed by atoms with Crippen LogP contribution in [0.15, 0.2) is 53.0 Å². The highest BCUT2D eigenvalue weighted by Gasteiger charge is 2.33. The van der Waals surface area contributed by atoms with E-state index in [1.54, 1.807) is 0 Å². The van der Waals surface area contributed by atoms with Crippen molar-refractivity contribution >= 4 is 21.8 Å². The van der Waals surface area contributed by atoms with E-state index in [4.69, 9.17) is 0 Å². The molecule has 1 atom stereocenters. The van der Waals surface area contributed by atoms with Gasteiger partial charge in [-0.25, -0.2) is 0 Å². The molecule has 102 valence electrons. The van der Waals surface area contributed by atoms with Gasteiger partial charge in [-0.2, -0.15) is 0 Å². The summed E-state index contributed by atoms with van der Waals surface area (Å²) in [6, 6.07) is 16.2. The van der Waals surface area contributed by atoms with Crippen molar-refractivity contribution in [2.24, 2.45) is 0 Å². The fraction of sp³-hybridized carbons (Fsp3) is 0.235. The van der Waals surface area contributed by atoms with Gasteiger partial charge in [-0.15, -0.1) is 0 Å². The number of benzene rings is 2. The second-order valence-electron chi connectivity index (χ2n) is 5.24. The Bertz CT molecular complexity index is 653. The molecule has 3 heteroatoms. The van der Waals surface area contributed by atoms with E-state index >= 15 is 0 Å². The van der Waals surface area contributed by atoms with Crippen molar-refractivity contribution in [3.63, 3.8) is 0 Å². The minimum Gasteiger partial charge on any atom is -0.341 e. The zero-order valence-electron chi connectivity index (χ0n) is 11.3. The summed E-state index contributed by atoms with van der Waals surface area (Å²) in [5.41, 5.74) is 3.63. The Kier molecular flexibility index (Phi) is 3.62. The second kappa shape index (κ2) is 5.41. The highest BCUT2D eigenvalue weighted by atomic mass is 79.9. The first-order chi connectivity index (χ1) is 9.66. The molecule has 0 fully saturated rings. The molecule has 0 heterocycles. The molecule has 1 unspecified atom stereocenters. The van der Waals surface area contributed by atoms with Crippen LogP contribution in [0.25, 0.3) is 0 Å². The van der Waals surface area contributed by atoms with Crippen LogP contribution in [0.1, 0.15) is 22.6 Å². The third-order valence-corrected chi connectivity index (χ3v) is 4.67. The van der Waals surface area contributed by atoms with Crippen LogP contribution >= 0.6 is 15.9 Å². The van der Waals surface area contributed by atoms with Crippen molar-refractivity contribution in [1.29, 1.82) is 0 Å². The zero-order valence-corrected chi connectivity index (χ0v) is 12.9. The largest absolute Gasteiger partial charge is 0.341 e. The molecule has 1 aliphatic carbocycles. The number of amides is 1. The summed E-state index contributed by atoms with van der Waals surface area (Å²) in [6.07, 6.45) is 0.870. The fourth-order valence-electron chi connectivity index (χ4n) is 2.71. The molecule has 1 aliphatic rings. The van der Waals surface area contributed by atoms with Gasteiger partial charge in [-0.3, -0.25) is 4.79 Å². The van der Waals surface area contributed by atoms with E-state index in [-0.39, 0.29) is 11.8 Å². The monoisotopic (exact) mass is 329 g/mol. The minimum absolute atomic E-state index is 0.0405. The molecule has 0 spiro atoms. The Balaban J connectivity index is 1.72. The summed E-state index contributed by atoms with van der Waals surface area (Å²) >= 11 is 3.53. The van der Waals surface area contributed by atoms with Crippen molar-refractivity contribution in [3.05, 3.63) is 69.7 Å². The van der Waals surface area contributed by atoms with E-state index < -0.39 is 0 Å². The summed E-state index contributed by atoms with van der Waals surface area (Å²) in [6.45, 7) is 0.638. The van der Waals surface area contributed by atoms with Gasteiger partial charge >= 0.3 is 0 Å². The Morgan fingerprint density at radius 3 is 2.65 bits per heavy atom. The van der Waals surface area contributed by atoms with Gasteiger partial charge in [0.25, 0.3) is 0 Å². The van der Waals surface area contributed by atoms with Gasteiger partial charge in [0.15, 0.2) is 0 Å². The molecular formula is C17H16BrNO. The number of likely N-dealkylation sites (N-methyl/N-ethyl adjacent to an activating group) is 1. The normalized spacial score (nSPS) is 16.2. The summed E-state index contributed by atoms with van der Waals surface area (Å²) in [4.78, 5) is 14.3. The quantitative estimate of drug-likeness (QED) is 0.839. The maximum absolute atomic E-state index is 12.5. The molecular weight excluding hydrogens is 314 g/mol. The van der Waals surface area contributed by atoms with Gasteiger partial charge in [0, 0.05) is 18.1 Å². The smallest absolute Gasteiger partial charge is 0.230 e. The predicted molar refractivity (Wildman–Crippen MR) is 83.5 cm³/mol. The van der Waals surface area contributed by atoms with E-state index in [0.29, 0.717) is 6.54 Å². The first-order valence-corrected chi connectivity index (χ1v) is 7.52. The van der Waals surface area contributed by atoms with Gasteiger partial charge < -0.3 is 4.90 Å². The third-order valence-electron chi connectivity index (χ3n) is 3.89. The first-order valence-electron chi connectivity index (χ1n) is 6.73. The number of carbonyl (C=O) groups excluding carboxylic acids is 1. The molecule has 2 nitrogen and oxygen atoms in total. The molecule has 20 heavy (non-hydrogen) atoms. The summed E-state index contributed by atoms with van der Waals surface area (Å²) in [5.74, 6) is 0.248. The van der Waals surface area contributed by atoms with Gasteiger partial charge in [0.05, 0.1) is 5.92 Å². The molecule has 1 amide bonds. The Labute approximate surface area is 127 Å². The molecule has 0 saturated heterocycles. The van der Waals surface area contributed by atoms with Gasteiger partial charge in [-0.05, 0) is 29.2 Å². The predicted octanol–water partition coefficient (Wildman–Crippen LogP) is 3.75. The Morgan fingerprint density at radius 2 is 1.90 bits per heavy atom. The molecule has 2 aromatic rings. The van der Waals surface area contributed by atoms with Crippen molar-refractivity contribution in [3.8, 4) is 0 Å². The van der Waals surface area contributed by atoms with E-state index in [0.717, 1.165) is 16.5 Å². The molecule has 2 aromatic carbocycles. The summed E-state index contributed by atoms with van der Waals surface area (Å²) < 4.78 is 1.05. The van der Waals surface area contributed by atoms with E-state index in [1.807, 2.05) is 48.3 Å². The van der Waals surface area contributed by atoms with Crippen molar-refractivity contribution in [1.82, 2.24) is 4.90 Å². The molecule has 0 bridgehead atoms. The van der Waals surface area contributed by atoms with Crippen molar-refractivity contribution < 1.29 is 4.79 Å². The Hall–Kier alpha value is -1.61. The molecule has 3 rings (SSSR count). The number of hydrogen-bond acceptors (Lipinski definition) is 1. The zero-order chi connectivity index (χ0) is 14.1. The molecule has 0 radical (unpaired) electrons. The van der Waals surface area contributed by atoms with Crippen LogP contribution in [-0.4, -0.2) is 17.9 Å². The van der Waals surface area contributed by atoms with Crippen LogP contribution in [0.2, 0.25) is 0 Å². The van der Waals surface area contributed by atoms with Gasteiger partial charge in [0.2, 0.25) is 5.91 Å². The van der Waals surface area contributed by atoms with Crippen LogP contribution in [0.3, 0.4) is 0 Å². The topological polar surface area (TPSA) is 20.3 Å². The lowest BCUT2D eigenvalue weighted by molar-refractivity contribution is -0.132. The minimum atomic E-state index is 0.0405. The highest BCUT2D eigenvalue weighted by molar-refractivity contribution is 9.10. The van der Waals surface area contributed by atoms with Crippen LogP contribution in [0, 0.1) is 0 Å². The SMILES string of the molecule is CN(Cc1ccccc1Br)C(=O)C1Cc2ccccc21.